The SMILES string of the molecule is COCC[C@@H](C)Oc1cc(C(=O)O)cc(-c2ncc(Cl)s2)c1. The molecule has 0 saturated carbocycles. The number of hydrogen-bond donors (Lipinski definition) is 1. The largest absolute Gasteiger partial charge is 0.491 e. The van der Waals surface area contributed by atoms with Crippen molar-refractivity contribution in [2.45, 2.75) is 19.4 Å². The molecule has 2 aromatic rings. The maximum absolute atomic E-state index is 11.3. The van der Waals surface area contributed by atoms with E-state index in [9.17, 15) is 9.90 Å². The highest BCUT2D eigenvalue weighted by atomic mass is 35.5. The Balaban J connectivity index is 2.29. The van der Waals surface area contributed by atoms with E-state index in [0.29, 0.717) is 33.7 Å². The van der Waals surface area contributed by atoms with Gasteiger partial charge in [0, 0.05) is 25.7 Å². The summed E-state index contributed by atoms with van der Waals surface area (Å²) in [5.41, 5.74) is 0.823. The maximum Gasteiger partial charge on any atom is 0.335 e. The Hall–Kier alpha value is -1.63. The molecule has 5 nitrogen and oxygen atoms in total. The topological polar surface area (TPSA) is 68.7 Å². The Labute approximate surface area is 137 Å². The minimum absolute atomic E-state index is 0.0864. The van der Waals surface area contributed by atoms with Crippen LogP contribution < -0.4 is 4.74 Å². The lowest BCUT2D eigenvalue weighted by atomic mass is 10.1. The van der Waals surface area contributed by atoms with Crippen molar-refractivity contribution in [3.05, 3.63) is 34.3 Å². The molecule has 118 valence electrons. The van der Waals surface area contributed by atoms with Gasteiger partial charge < -0.3 is 14.6 Å². The molecule has 0 amide bonds. The Bertz CT molecular complexity index is 659. The number of benzene rings is 1. The normalized spacial score (nSPS) is 12.1. The van der Waals surface area contributed by atoms with Crippen LogP contribution in [0.4, 0.5) is 0 Å². The number of ether oxygens (including phenoxy) is 2. The van der Waals surface area contributed by atoms with E-state index in [1.165, 1.54) is 23.6 Å². The molecule has 0 unspecified atom stereocenters. The number of aromatic carboxylic acids is 1. The van der Waals surface area contributed by atoms with Crippen molar-refractivity contribution in [3.63, 3.8) is 0 Å². The Morgan fingerprint density at radius 1 is 1.45 bits per heavy atom. The molecular weight excluding hydrogens is 326 g/mol. The third-order valence-electron chi connectivity index (χ3n) is 2.94. The molecule has 7 heteroatoms. The summed E-state index contributed by atoms with van der Waals surface area (Å²) < 4.78 is 11.3. The van der Waals surface area contributed by atoms with E-state index in [0.717, 1.165) is 0 Å². The molecule has 0 radical (unpaired) electrons. The van der Waals surface area contributed by atoms with Crippen molar-refractivity contribution in [3.8, 4) is 16.3 Å². The number of carbonyl (C=O) groups is 1. The molecule has 1 heterocycles. The number of carboxylic acids is 1. The summed E-state index contributed by atoms with van der Waals surface area (Å²) in [6, 6.07) is 4.83. The van der Waals surface area contributed by atoms with Crippen molar-refractivity contribution in [2.24, 2.45) is 0 Å². The number of methoxy groups -OCH3 is 1. The third-order valence-corrected chi connectivity index (χ3v) is 4.11. The zero-order valence-corrected chi connectivity index (χ0v) is 13.8. The monoisotopic (exact) mass is 341 g/mol. The van der Waals surface area contributed by atoms with Crippen LogP contribution in [0.25, 0.3) is 10.6 Å². The van der Waals surface area contributed by atoms with Gasteiger partial charge in [-0.3, -0.25) is 0 Å². The lowest BCUT2D eigenvalue weighted by Gasteiger charge is -2.15. The van der Waals surface area contributed by atoms with E-state index in [1.807, 2.05) is 6.92 Å². The minimum atomic E-state index is -1.01. The van der Waals surface area contributed by atoms with Gasteiger partial charge in [0.25, 0.3) is 0 Å². The van der Waals surface area contributed by atoms with Gasteiger partial charge in [-0.15, -0.1) is 11.3 Å². The first kappa shape index (κ1) is 16.7. The van der Waals surface area contributed by atoms with Gasteiger partial charge in [0.1, 0.15) is 15.1 Å². The number of nitrogens with zero attached hydrogens (tertiary/aromatic N) is 1. The maximum atomic E-state index is 11.3. The molecular formula is C15H16ClNO4S. The Morgan fingerprint density at radius 3 is 2.82 bits per heavy atom. The highest BCUT2D eigenvalue weighted by Gasteiger charge is 2.13. The second kappa shape index (κ2) is 7.58. The molecule has 0 aliphatic heterocycles. The van der Waals surface area contributed by atoms with Crippen LogP contribution >= 0.6 is 22.9 Å². The number of hydrogen-bond acceptors (Lipinski definition) is 5. The van der Waals surface area contributed by atoms with Gasteiger partial charge >= 0.3 is 5.97 Å². The summed E-state index contributed by atoms with van der Waals surface area (Å²) in [6.45, 7) is 2.49. The van der Waals surface area contributed by atoms with Crippen LogP contribution in [-0.4, -0.2) is 35.9 Å². The quantitative estimate of drug-likeness (QED) is 0.825. The molecule has 1 N–H and O–H groups in total. The summed E-state index contributed by atoms with van der Waals surface area (Å²) in [4.78, 5) is 15.5. The highest BCUT2D eigenvalue weighted by molar-refractivity contribution is 7.18. The first-order chi connectivity index (χ1) is 10.5. The van der Waals surface area contributed by atoms with Gasteiger partial charge in [-0.2, -0.15) is 0 Å². The van der Waals surface area contributed by atoms with E-state index in [1.54, 1.807) is 19.2 Å². The van der Waals surface area contributed by atoms with Crippen LogP contribution in [0.1, 0.15) is 23.7 Å². The zero-order valence-electron chi connectivity index (χ0n) is 12.2. The predicted octanol–water partition coefficient (Wildman–Crippen LogP) is 3.97. The van der Waals surface area contributed by atoms with Crippen molar-refractivity contribution in [1.82, 2.24) is 4.98 Å². The summed E-state index contributed by atoms with van der Waals surface area (Å²) in [5.74, 6) is -0.524. The van der Waals surface area contributed by atoms with Gasteiger partial charge in [-0.1, -0.05) is 11.6 Å². The molecule has 0 saturated heterocycles. The number of rotatable bonds is 7. The second-order valence-corrected chi connectivity index (χ2v) is 6.39. The Morgan fingerprint density at radius 2 is 2.23 bits per heavy atom. The lowest BCUT2D eigenvalue weighted by Crippen LogP contribution is -2.14. The van der Waals surface area contributed by atoms with Crippen molar-refractivity contribution < 1.29 is 19.4 Å². The number of aromatic nitrogens is 1. The molecule has 0 aliphatic rings. The molecule has 0 aliphatic carbocycles. The predicted molar refractivity (Wildman–Crippen MR) is 86.1 cm³/mol. The minimum Gasteiger partial charge on any atom is -0.491 e. The molecule has 0 spiro atoms. The summed E-state index contributed by atoms with van der Waals surface area (Å²) in [5, 5.41) is 9.90. The van der Waals surface area contributed by atoms with Crippen LogP contribution in [0.5, 0.6) is 5.75 Å². The van der Waals surface area contributed by atoms with E-state index in [4.69, 9.17) is 21.1 Å². The summed E-state index contributed by atoms with van der Waals surface area (Å²) in [7, 11) is 1.63. The van der Waals surface area contributed by atoms with Crippen LogP contribution in [0.2, 0.25) is 4.34 Å². The second-order valence-electron chi connectivity index (χ2n) is 4.73. The fourth-order valence-electron chi connectivity index (χ4n) is 1.88. The van der Waals surface area contributed by atoms with Crippen molar-refractivity contribution in [1.29, 1.82) is 0 Å². The molecule has 0 bridgehead atoms. The summed E-state index contributed by atoms with van der Waals surface area (Å²) >= 11 is 7.18. The van der Waals surface area contributed by atoms with Gasteiger partial charge in [0.2, 0.25) is 0 Å². The van der Waals surface area contributed by atoms with Gasteiger partial charge in [-0.25, -0.2) is 9.78 Å². The highest BCUT2D eigenvalue weighted by Crippen LogP contribution is 2.32. The first-order valence-electron chi connectivity index (χ1n) is 6.65. The fraction of sp³-hybridized carbons (Fsp3) is 0.333. The molecule has 1 atom stereocenters. The van der Waals surface area contributed by atoms with E-state index in [2.05, 4.69) is 4.98 Å². The van der Waals surface area contributed by atoms with E-state index >= 15 is 0 Å². The molecule has 2 rings (SSSR count). The number of thiazole rings is 1. The Kier molecular flexibility index (Phi) is 5.76. The van der Waals surface area contributed by atoms with Crippen LogP contribution in [-0.2, 0) is 4.74 Å². The summed E-state index contributed by atoms with van der Waals surface area (Å²) in [6.07, 6.45) is 2.17. The fourth-order valence-corrected chi connectivity index (χ4v) is 2.78. The third kappa shape index (κ3) is 4.43. The molecule has 22 heavy (non-hydrogen) atoms. The van der Waals surface area contributed by atoms with E-state index < -0.39 is 5.97 Å². The van der Waals surface area contributed by atoms with Crippen LogP contribution in [0.3, 0.4) is 0 Å². The standard InChI is InChI=1S/C15H16ClNO4S/c1-9(3-4-20-2)21-12-6-10(5-11(7-12)15(18)19)14-17-8-13(16)22-14/h5-9H,3-4H2,1-2H3,(H,18,19)/t9-/m1/s1. The molecule has 0 fully saturated rings. The van der Waals surface area contributed by atoms with Gasteiger partial charge in [0.05, 0.1) is 17.9 Å². The zero-order chi connectivity index (χ0) is 16.1. The van der Waals surface area contributed by atoms with Gasteiger partial charge in [-0.05, 0) is 25.1 Å². The van der Waals surface area contributed by atoms with Crippen molar-refractivity contribution in [2.75, 3.05) is 13.7 Å². The first-order valence-corrected chi connectivity index (χ1v) is 7.84. The number of halogens is 1. The average molecular weight is 342 g/mol. The number of carboxylic acid groups (broad SMARTS) is 1. The lowest BCUT2D eigenvalue weighted by molar-refractivity contribution is 0.0695. The van der Waals surface area contributed by atoms with Crippen LogP contribution in [0.15, 0.2) is 24.4 Å². The molecule has 1 aromatic carbocycles. The van der Waals surface area contributed by atoms with Crippen molar-refractivity contribution >= 4 is 28.9 Å². The van der Waals surface area contributed by atoms with Gasteiger partial charge in [0.15, 0.2) is 0 Å². The van der Waals surface area contributed by atoms with E-state index in [-0.39, 0.29) is 11.7 Å². The average Bonchev–Trinajstić information content (AvgIpc) is 2.91. The molecule has 1 aromatic heterocycles. The smallest absolute Gasteiger partial charge is 0.335 e. The van der Waals surface area contributed by atoms with Crippen LogP contribution in [0, 0.1) is 0 Å².